The molecule has 28 heavy (non-hydrogen) atoms. The van der Waals surface area contributed by atoms with Crippen molar-refractivity contribution in [2.45, 2.75) is 25.2 Å². The number of carbonyl (C=O) groups is 1. The third-order valence-electron chi connectivity index (χ3n) is 4.78. The van der Waals surface area contributed by atoms with Crippen LogP contribution in [0.3, 0.4) is 0 Å². The summed E-state index contributed by atoms with van der Waals surface area (Å²) in [5.41, 5.74) is 1.57. The summed E-state index contributed by atoms with van der Waals surface area (Å²) in [6, 6.07) is 11.9. The summed E-state index contributed by atoms with van der Waals surface area (Å²) >= 11 is 6.05. The van der Waals surface area contributed by atoms with E-state index in [0.717, 1.165) is 11.3 Å². The van der Waals surface area contributed by atoms with Crippen molar-refractivity contribution in [3.8, 4) is 5.75 Å². The van der Waals surface area contributed by atoms with Crippen LogP contribution in [0.4, 0.5) is 5.69 Å². The van der Waals surface area contributed by atoms with Gasteiger partial charge in [-0.2, -0.15) is 4.31 Å². The number of benzene rings is 2. The van der Waals surface area contributed by atoms with Crippen LogP contribution in [-0.4, -0.2) is 44.9 Å². The van der Waals surface area contributed by atoms with Crippen molar-refractivity contribution >= 4 is 33.2 Å². The number of para-hydroxylation sites is 1. The first-order chi connectivity index (χ1) is 13.4. The molecule has 0 N–H and O–H groups in total. The standard InChI is InChI=1S/C20H23ClN2O4S/c1-3-22(4-2)28(25,26)16-9-10-18-15(13-16)11-12-23(18)20(24)14-27-19-8-6-5-7-17(19)21/h5-10,13H,3-4,11-12,14H2,1-2H3. The number of fused-ring (bicyclic) bond motifs is 1. The molecule has 1 aliphatic rings. The Morgan fingerprint density at radius 3 is 2.57 bits per heavy atom. The van der Waals surface area contributed by atoms with Crippen molar-refractivity contribution in [3.05, 3.63) is 53.1 Å². The molecule has 1 heterocycles. The Balaban J connectivity index is 1.76. The molecule has 0 saturated heterocycles. The molecule has 0 fully saturated rings. The number of nitrogens with zero attached hydrogens (tertiary/aromatic N) is 2. The molecule has 0 aliphatic carbocycles. The zero-order valence-corrected chi connectivity index (χ0v) is 17.5. The maximum Gasteiger partial charge on any atom is 0.264 e. The van der Waals surface area contributed by atoms with Gasteiger partial charge in [-0.1, -0.05) is 37.6 Å². The Kier molecular flexibility index (Phi) is 6.27. The van der Waals surface area contributed by atoms with E-state index < -0.39 is 10.0 Å². The lowest BCUT2D eigenvalue weighted by Crippen LogP contribution is -2.33. The van der Waals surface area contributed by atoms with Crippen LogP contribution in [0.1, 0.15) is 19.4 Å². The van der Waals surface area contributed by atoms with E-state index in [1.54, 1.807) is 47.4 Å². The Morgan fingerprint density at radius 2 is 1.89 bits per heavy atom. The van der Waals surface area contributed by atoms with Gasteiger partial charge in [-0.05, 0) is 42.3 Å². The van der Waals surface area contributed by atoms with Gasteiger partial charge in [0.1, 0.15) is 5.75 Å². The van der Waals surface area contributed by atoms with E-state index in [9.17, 15) is 13.2 Å². The van der Waals surface area contributed by atoms with Crippen LogP contribution >= 0.6 is 11.6 Å². The van der Waals surface area contributed by atoms with Crippen LogP contribution in [0, 0.1) is 0 Å². The van der Waals surface area contributed by atoms with E-state index in [1.165, 1.54) is 4.31 Å². The average Bonchev–Trinajstić information content (AvgIpc) is 3.11. The SMILES string of the molecule is CCN(CC)S(=O)(=O)c1ccc2c(c1)CCN2C(=O)COc1ccccc1Cl. The van der Waals surface area contributed by atoms with Crippen LogP contribution in [0.5, 0.6) is 5.75 Å². The van der Waals surface area contributed by atoms with Gasteiger partial charge in [-0.3, -0.25) is 4.79 Å². The fraction of sp³-hybridized carbons (Fsp3) is 0.350. The van der Waals surface area contributed by atoms with Gasteiger partial charge in [-0.25, -0.2) is 8.42 Å². The molecule has 0 spiro atoms. The lowest BCUT2D eigenvalue weighted by Gasteiger charge is -2.20. The first-order valence-corrected chi connectivity index (χ1v) is 11.0. The van der Waals surface area contributed by atoms with Crippen molar-refractivity contribution in [3.63, 3.8) is 0 Å². The van der Waals surface area contributed by atoms with Gasteiger partial charge in [0.05, 0.1) is 9.92 Å². The third-order valence-corrected chi connectivity index (χ3v) is 7.14. The first-order valence-electron chi connectivity index (χ1n) is 9.19. The number of anilines is 1. The minimum atomic E-state index is -3.52. The minimum absolute atomic E-state index is 0.136. The maximum atomic E-state index is 12.7. The van der Waals surface area contributed by atoms with Crippen LogP contribution in [-0.2, 0) is 21.2 Å². The van der Waals surface area contributed by atoms with Crippen LogP contribution in [0.2, 0.25) is 5.02 Å². The first kappa shape index (κ1) is 20.6. The van der Waals surface area contributed by atoms with Crippen molar-refractivity contribution < 1.29 is 17.9 Å². The van der Waals surface area contributed by atoms with Crippen molar-refractivity contribution in [1.82, 2.24) is 4.31 Å². The van der Waals surface area contributed by atoms with Gasteiger partial charge in [0.2, 0.25) is 10.0 Å². The molecule has 2 aromatic carbocycles. The average molecular weight is 423 g/mol. The van der Waals surface area contributed by atoms with Gasteiger partial charge in [-0.15, -0.1) is 0 Å². The lowest BCUT2D eigenvalue weighted by molar-refractivity contribution is -0.120. The number of halogens is 1. The molecule has 0 atom stereocenters. The summed E-state index contributed by atoms with van der Waals surface area (Å²) in [4.78, 5) is 14.5. The molecule has 150 valence electrons. The highest BCUT2D eigenvalue weighted by molar-refractivity contribution is 7.89. The van der Waals surface area contributed by atoms with Gasteiger partial charge in [0, 0.05) is 25.3 Å². The fourth-order valence-corrected chi connectivity index (χ4v) is 4.99. The van der Waals surface area contributed by atoms with Crippen molar-refractivity contribution in [1.29, 1.82) is 0 Å². The lowest BCUT2D eigenvalue weighted by atomic mass is 10.2. The van der Waals surface area contributed by atoms with Gasteiger partial charge < -0.3 is 9.64 Å². The summed E-state index contributed by atoms with van der Waals surface area (Å²) in [5, 5.41) is 0.448. The molecule has 3 rings (SSSR count). The van der Waals surface area contributed by atoms with Gasteiger partial charge >= 0.3 is 0 Å². The van der Waals surface area contributed by atoms with E-state index >= 15 is 0 Å². The van der Waals surface area contributed by atoms with E-state index in [1.807, 2.05) is 13.8 Å². The predicted molar refractivity (Wildman–Crippen MR) is 110 cm³/mol. The molecule has 1 aliphatic heterocycles. The molecule has 0 bridgehead atoms. The highest BCUT2D eigenvalue weighted by Crippen LogP contribution is 2.31. The maximum absolute atomic E-state index is 12.7. The second kappa shape index (κ2) is 8.51. The Morgan fingerprint density at radius 1 is 1.18 bits per heavy atom. The second-order valence-corrected chi connectivity index (χ2v) is 8.74. The molecule has 2 aromatic rings. The number of sulfonamides is 1. The highest BCUT2D eigenvalue weighted by atomic mass is 35.5. The summed E-state index contributed by atoms with van der Waals surface area (Å²) in [7, 11) is -3.52. The second-order valence-electron chi connectivity index (χ2n) is 6.39. The largest absolute Gasteiger partial charge is 0.482 e. The predicted octanol–water partition coefficient (Wildman–Crippen LogP) is 3.34. The van der Waals surface area contributed by atoms with E-state index in [2.05, 4.69) is 0 Å². The van der Waals surface area contributed by atoms with Crippen LogP contribution in [0.15, 0.2) is 47.4 Å². The van der Waals surface area contributed by atoms with E-state index in [4.69, 9.17) is 16.3 Å². The molecular weight excluding hydrogens is 400 g/mol. The molecule has 1 amide bonds. The number of ether oxygens (including phenoxy) is 1. The molecule has 0 radical (unpaired) electrons. The molecule has 0 unspecified atom stereocenters. The summed E-state index contributed by atoms with van der Waals surface area (Å²) in [6.07, 6.45) is 0.606. The van der Waals surface area contributed by atoms with Crippen LogP contribution < -0.4 is 9.64 Å². The van der Waals surface area contributed by atoms with Crippen molar-refractivity contribution in [2.24, 2.45) is 0 Å². The topological polar surface area (TPSA) is 66.9 Å². The smallest absolute Gasteiger partial charge is 0.264 e. The number of carbonyl (C=O) groups excluding carboxylic acids is 1. The summed E-state index contributed by atoms with van der Waals surface area (Å²) < 4.78 is 32.4. The molecule has 6 nitrogen and oxygen atoms in total. The number of rotatable bonds is 7. The molecule has 0 aromatic heterocycles. The van der Waals surface area contributed by atoms with E-state index in [-0.39, 0.29) is 17.4 Å². The summed E-state index contributed by atoms with van der Waals surface area (Å²) in [5.74, 6) is 0.260. The monoisotopic (exact) mass is 422 g/mol. The molecular formula is C20H23ClN2O4S. The highest BCUT2D eigenvalue weighted by Gasteiger charge is 2.28. The van der Waals surface area contributed by atoms with Crippen LogP contribution in [0.25, 0.3) is 0 Å². The van der Waals surface area contributed by atoms with Gasteiger partial charge in [0.25, 0.3) is 5.91 Å². The molecule has 0 saturated carbocycles. The van der Waals surface area contributed by atoms with Crippen molar-refractivity contribution in [2.75, 3.05) is 31.1 Å². The normalized spacial score (nSPS) is 13.6. The third kappa shape index (κ3) is 4.01. The fourth-order valence-electron chi connectivity index (χ4n) is 3.29. The van der Waals surface area contributed by atoms with Gasteiger partial charge in [0.15, 0.2) is 6.61 Å². The Labute approximate surface area is 170 Å². The Bertz CT molecular complexity index is 974. The summed E-state index contributed by atoms with van der Waals surface area (Å²) in [6.45, 7) is 4.82. The number of amides is 1. The van der Waals surface area contributed by atoms with E-state index in [0.29, 0.717) is 36.8 Å². The Hall–Kier alpha value is -2.09. The number of hydrogen-bond donors (Lipinski definition) is 0. The zero-order valence-electron chi connectivity index (χ0n) is 15.9. The minimum Gasteiger partial charge on any atom is -0.482 e. The number of hydrogen-bond acceptors (Lipinski definition) is 4. The zero-order chi connectivity index (χ0) is 20.3. The molecule has 8 heteroatoms. The quantitative estimate of drug-likeness (QED) is 0.686.